The van der Waals surface area contributed by atoms with E-state index in [0.29, 0.717) is 10.3 Å². The quantitative estimate of drug-likeness (QED) is 0.599. The van der Waals surface area contributed by atoms with E-state index in [4.69, 9.17) is 0 Å². The maximum absolute atomic E-state index is 12.8. The third kappa shape index (κ3) is 5.45. The molecule has 0 heterocycles. The van der Waals surface area contributed by atoms with E-state index in [1.54, 1.807) is 0 Å². The van der Waals surface area contributed by atoms with Gasteiger partial charge < -0.3 is 0 Å². The molecule has 0 radical (unpaired) electrons. The molecule has 1 rings (SSSR count). The second kappa shape index (κ2) is 6.18. The van der Waals surface area contributed by atoms with Gasteiger partial charge in [-0.25, -0.2) is 4.39 Å². The van der Waals surface area contributed by atoms with Crippen LogP contribution in [0.1, 0.15) is 47.1 Å². The van der Waals surface area contributed by atoms with Gasteiger partial charge in [-0.15, -0.1) is 0 Å². The Morgan fingerprint density at radius 1 is 0.947 bits per heavy atom. The number of rotatable bonds is 3. The molecular formula is C17H26FP. The molecule has 106 valence electrons. The molecule has 0 aromatic heterocycles. The minimum Gasteiger partial charge on any atom is -0.207 e. The maximum Gasteiger partial charge on any atom is 0.123 e. The van der Waals surface area contributed by atoms with Crippen LogP contribution in [0.5, 0.6) is 0 Å². The van der Waals surface area contributed by atoms with E-state index in [0.717, 1.165) is 12.0 Å². The molecule has 19 heavy (non-hydrogen) atoms. The zero-order valence-electron chi connectivity index (χ0n) is 13.0. The van der Waals surface area contributed by atoms with E-state index in [9.17, 15) is 4.39 Å². The highest BCUT2D eigenvalue weighted by Crippen LogP contribution is 2.60. The molecule has 1 aromatic rings. The molecular weight excluding hydrogens is 254 g/mol. The first-order valence-electron chi connectivity index (χ1n) is 6.81. The standard InChI is InChI=1S/C17H26FP/c1-16(2,3)19(17(4,5)6)13-7-8-14-9-11-15(18)12-10-14/h7,9-13H,8H2,1-6H3. The summed E-state index contributed by atoms with van der Waals surface area (Å²) in [7, 11) is -0.200. The molecule has 1 aromatic carbocycles. The molecule has 0 aliphatic carbocycles. The van der Waals surface area contributed by atoms with Crippen molar-refractivity contribution in [2.75, 3.05) is 0 Å². The highest BCUT2D eigenvalue weighted by Gasteiger charge is 2.31. The fraction of sp³-hybridized carbons (Fsp3) is 0.529. The summed E-state index contributed by atoms with van der Waals surface area (Å²) in [6.07, 6.45) is 3.13. The van der Waals surface area contributed by atoms with E-state index < -0.39 is 0 Å². The predicted molar refractivity (Wildman–Crippen MR) is 85.7 cm³/mol. The average molecular weight is 280 g/mol. The molecule has 2 heteroatoms. The highest BCUT2D eigenvalue weighted by molar-refractivity contribution is 7.63. The average Bonchev–Trinajstić information content (AvgIpc) is 2.23. The fourth-order valence-electron chi connectivity index (χ4n) is 2.37. The van der Waals surface area contributed by atoms with Crippen molar-refractivity contribution in [2.45, 2.75) is 58.3 Å². The molecule has 0 atom stereocenters. The van der Waals surface area contributed by atoms with Gasteiger partial charge in [-0.2, -0.15) is 0 Å². The third-order valence-electron chi connectivity index (χ3n) is 2.97. The SMILES string of the molecule is CC(C)(C)P(C=CCc1ccc(F)cc1)C(C)(C)C. The minimum absolute atomic E-state index is 0.167. The lowest BCUT2D eigenvalue weighted by atomic mass is 10.1. The lowest BCUT2D eigenvalue weighted by Gasteiger charge is -2.39. The summed E-state index contributed by atoms with van der Waals surface area (Å²) in [5.74, 6) is 2.22. The third-order valence-corrected chi connectivity index (χ3v) is 6.37. The second-order valence-corrected chi connectivity index (χ2v) is 10.6. The van der Waals surface area contributed by atoms with Crippen molar-refractivity contribution in [3.8, 4) is 0 Å². The molecule has 0 aliphatic heterocycles. The van der Waals surface area contributed by atoms with E-state index in [1.165, 1.54) is 12.1 Å². The predicted octanol–water partition coefficient (Wildman–Crippen LogP) is 5.96. The van der Waals surface area contributed by atoms with Crippen molar-refractivity contribution in [1.82, 2.24) is 0 Å². The molecule has 0 spiro atoms. The van der Waals surface area contributed by atoms with Crippen molar-refractivity contribution in [2.24, 2.45) is 0 Å². The van der Waals surface area contributed by atoms with Gasteiger partial charge in [-0.05, 0) is 34.4 Å². The first kappa shape index (κ1) is 16.4. The van der Waals surface area contributed by atoms with E-state index in [2.05, 4.69) is 53.4 Å². The summed E-state index contributed by atoms with van der Waals surface area (Å²) in [5, 5.41) is 0.625. The number of hydrogen-bond donors (Lipinski definition) is 0. The summed E-state index contributed by atoms with van der Waals surface area (Å²) in [4.78, 5) is 0. The topological polar surface area (TPSA) is 0 Å². The molecule has 0 nitrogen and oxygen atoms in total. The lowest BCUT2D eigenvalue weighted by molar-refractivity contribution is 0.627. The Labute approximate surface area is 118 Å². The van der Waals surface area contributed by atoms with Gasteiger partial charge in [0.25, 0.3) is 0 Å². The summed E-state index contributed by atoms with van der Waals surface area (Å²) in [6.45, 7) is 13.9. The number of hydrogen-bond acceptors (Lipinski definition) is 0. The van der Waals surface area contributed by atoms with Gasteiger partial charge in [0.05, 0.1) is 0 Å². The van der Waals surface area contributed by atoms with Crippen LogP contribution in [0, 0.1) is 5.82 Å². The minimum atomic E-state index is -0.200. The zero-order valence-corrected chi connectivity index (χ0v) is 13.9. The number of halogens is 1. The van der Waals surface area contributed by atoms with E-state index in [-0.39, 0.29) is 13.7 Å². The van der Waals surface area contributed by atoms with Crippen LogP contribution in [0.15, 0.2) is 36.2 Å². The van der Waals surface area contributed by atoms with Crippen LogP contribution in [0.4, 0.5) is 4.39 Å². The van der Waals surface area contributed by atoms with Crippen LogP contribution in [-0.2, 0) is 6.42 Å². The van der Waals surface area contributed by atoms with Crippen LogP contribution < -0.4 is 0 Å². The monoisotopic (exact) mass is 280 g/mol. The Bertz CT molecular complexity index is 404. The maximum atomic E-state index is 12.8. The van der Waals surface area contributed by atoms with Gasteiger partial charge in [-0.3, -0.25) is 0 Å². The molecule has 0 aliphatic rings. The largest absolute Gasteiger partial charge is 0.207 e. The first-order chi connectivity index (χ1) is 8.60. The van der Waals surface area contributed by atoms with Crippen LogP contribution in [0.3, 0.4) is 0 Å². The van der Waals surface area contributed by atoms with Crippen LogP contribution >= 0.6 is 7.92 Å². The van der Waals surface area contributed by atoms with Crippen LogP contribution in [0.2, 0.25) is 0 Å². The number of allylic oxidation sites excluding steroid dienone is 1. The summed E-state index contributed by atoms with van der Waals surface area (Å²) < 4.78 is 12.8. The Morgan fingerprint density at radius 3 is 1.84 bits per heavy atom. The summed E-state index contributed by atoms with van der Waals surface area (Å²) >= 11 is 0. The Balaban J connectivity index is 2.75. The molecule has 0 bridgehead atoms. The van der Waals surface area contributed by atoms with Gasteiger partial charge in [0.15, 0.2) is 0 Å². The molecule has 0 N–H and O–H groups in total. The first-order valence-corrected chi connectivity index (χ1v) is 8.22. The second-order valence-electron chi connectivity index (χ2n) is 6.93. The van der Waals surface area contributed by atoms with Crippen molar-refractivity contribution >= 4 is 7.92 Å². The Kier molecular flexibility index (Phi) is 5.33. The molecule has 0 saturated carbocycles. The van der Waals surface area contributed by atoms with E-state index >= 15 is 0 Å². The fourth-order valence-corrected chi connectivity index (χ4v) is 5.59. The van der Waals surface area contributed by atoms with Crippen molar-refractivity contribution in [3.05, 3.63) is 47.5 Å². The smallest absolute Gasteiger partial charge is 0.123 e. The van der Waals surface area contributed by atoms with Crippen LogP contribution in [0.25, 0.3) is 0 Å². The van der Waals surface area contributed by atoms with Gasteiger partial charge >= 0.3 is 0 Å². The summed E-state index contributed by atoms with van der Waals surface area (Å²) in [5.41, 5.74) is 1.16. The van der Waals surface area contributed by atoms with Gasteiger partial charge in [0.2, 0.25) is 0 Å². The molecule has 0 saturated heterocycles. The Morgan fingerprint density at radius 2 is 1.42 bits per heavy atom. The van der Waals surface area contributed by atoms with Crippen molar-refractivity contribution < 1.29 is 4.39 Å². The normalized spacial score (nSPS) is 13.5. The molecule has 0 fully saturated rings. The van der Waals surface area contributed by atoms with Gasteiger partial charge in [-0.1, -0.05) is 73.5 Å². The highest BCUT2D eigenvalue weighted by atomic mass is 31.1. The van der Waals surface area contributed by atoms with Crippen LogP contribution in [-0.4, -0.2) is 10.3 Å². The molecule has 0 amide bonds. The summed E-state index contributed by atoms with van der Waals surface area (Å²) in [6, 6.07) is 6.77. The Hall–Kier alpha value is -0.680. The lowest BCUT2D eigenvalue weighted by Crippen LogP contribution is -2.23. The van der Waals surface area contributed by atoms with Crippen molar-refractivity contribution in [1.29, 1.82) is 0 Å². The number of benzene rings is 1. The van der Waals surface area contributed by atoms with Gasteiger partial charge in [0, 0.05) is 0 Å². The zero-order chi connectivity index (χ0) is 14.7. The van der Waals surface area contributed by atoms with Gasteiger partial charge in [0.1, 0.15) is 5.82 Å². The van der Waals surface area contributed by atoms with Crippen molar-refractivity contribution in [3.63, 3.8) is 0 Å². The molecule has 0 unspecified atom stereocenters. The van der Waals surface area contributed by atoms with E-state index in [1.807, 2.05) is 12.1 Å².